The normalized spacial score (nSPS) is 34.2. The fourth-order valence-corrected chi connectivity index (χ4v) is 2.74. The van der Waals surface area contributed by atoms with Crippen molar-refractivity contribution >= 4 is 31.9 Å². The second-order valence-corrected chi connectivity index (χ2v) is 5.18. The quantitative estimate of drug-likeness (QED) is 0.671. The van der Waals surface area contributed by atoms with E-state index in [9.17, 15) is 0 Å². The SMILES string of the molecule is BrCCC1CCC(Br)CC1. The Balaban J connectivity index is 2.13. The van der Waals surface area contributed by atoms with E-state index < -0.39 is 0 Å². The molecule has 0 aromatic heterocycles. The van der Waals surface area contributed by atoms with Crippen LogP contribution in [0, 0.1) is 5.92 Å². The lowest BCUT2D eigenvalue weighted by molar-refractivity contribution is 0.361. The summed E-state index contributed by atoms with van der Waals surface area (Å²) >= 11 is 7.14. The van der Waals surface area contributed by atoms with E-state index in [4.69, 9.17) is 0 Å². The van der Waals surface area contributed by atoms with E-state index in [1.165, 1.54) is 37.4 Å². The fraction of sp³-hybridized carbons (Fsp3) is 1.00. The van der Waals surface area contributed by atoms with Crippen molar-refractivity contribution in [2.45, 2.75) is 36.9 Å². The van der Waals surface area contributed by atoms with Crippen LogP contribution in [0.4, 0.5) is 0 Å². The largest absolute Gasteiger partial charge is 0.0928 e. The third-order valence-electron chi connectivity index (χ3n) is 2.29. The summed E-state index contributed by atoms with van der Waals surface area (Å²) in [5.41, 5.74) is 0. The third kappa shape index (κ3) is 2.91. The summed E-state index contributed by atoms with van der Waals surface area (Å²) in [5, 5.41) is 1.19. The van der Waals surface area contributed by atoms with Crippen LogP contribution in [0.1, 0.15) is 32.1 Å². The highest BCUT2D eigenvalue weighted by molar-refractivity contribution is 9.09. The average molecular weight is 270 g/mol. The van der Waals surface area contributed by atoms with Gasteiger partial charge in [0.2, 0.25) is 0 Å². The van der Waals surface area contributed by atoms with Crippen LogP contribution < -0.4 is 0 Å². The van der Waals surface area contributed by atoms with E-state index in [2.05, 4.69) is 31.9 Å². The summed E-state index contributed by atoms with van der Waals surface area (Å²) in [6, 6.07) is 0. The monoisotopic (exact) mass is 268 g/mol. The fourth-order valence-electron chi connectivity index (χ4n) is 1.56. The van der Waals surface area contributed by atoms with Crippen LogP contribution in [0.5, 0.6) is 0 Å². The van der Waals surface area contributed by atoms with Crippen molar-refractivity contribution in [1.29, 1.82) is 0 Å². The van der Waals surface area contributed by atoms with Gasteiger partial charge in [-0.3, -0.25) is 0 Å². The van der Waals surface area contributed by atoms with Crippen LogP contribution in [0.15, 0.2) is 0 Å². The Morgan fingerprint density at radius 3 is 2.20 bits per heavy atom. The van der Waals surface area contributed by atoms with E-state index in [1.807, 2.05) is 0 Å². The molecule has 1 aliphatic carbocycles. The van der Waals surface area contributed by atoms with Gasteiger partial charge in [-0.15, -0.1) is 0 Å². The van der Waals surface area contributed by atoms with Crippen molar-refractivity contribution < 1.29 is 0 Å². The Labute approximate surface area is 80.0 Å². The zero-order valence-electron chi connectivity index (χ0n) is 6.15. The summed E-state index contributed by atoms with van der Waals surface area (Å²) in [6.45, 7) is 0. The van der Waals surface area contributed by atoms with Crippen LogP contribution in [-0.2, 0) is 0 Å². The predicted molar refractivity (Wildman–Crippen MR) is 53.1 cm³/mol. The lowest BCUT2D eigenvalue weighted by Crippen LogP contribution is -2.13. The van der Waals surface area contributed by atoms with Crippen molar-refractivity contribution in [3.8, 4) is 0 Å². The van der Waals surface area contributed by atoms with Gasteiger partial charge in [-0.1, -0.05) is 31.9 Å². The van der Waals surface area contributed by atoms with Crippen LogP contribution in [-0.4, -0.2) is 10.2 Å². The van der Waals surface area contributed by atoms with Gasteiger partial charge < -0.3 is 0 Å². The number of halogens is 2. The molecule has 1 fully saturated rings. The molecule has 10 heavy (non-hydrogen) atoms. The van der Waals surface area contributed by atoms with Crippen molar-refractivity contribution in [2.24, 2.45) is 5.92 Å². The Bertz CT molecular complexity index is 85.3. The lowest BCUT2D eigenvalue weighted by atomic mass is 9.87. The van der Waals surface area contributed by atoms with E-state index >= 15 is 0 Å². The maximum atomic E-state index is 3.66. The second kappa shape index (κ2) is 4.76. The van der Waals surface area contributed by atoms with Crippen molar-refractivity contribution in [3.05, 3.63) is 0 Å². The van der Waals surface area contributed by atoms with Gasteiger partial charge in [0.15, 0.2) is 0 Å². The van der Waals surface area contributed by atoms with Crippen LogP contribution in [0.2, 0.25) is 0 Å². The molecule has 0 nitrogen and oxygen atoms in total. The smallest absolute Gasteiger partial charge is 0.0146 e. The predicted octanol–water partition coefficient (Wildman–Crippen LogP) is 3.73. The standard InChI is InChI=1S/C8H14Br2/c9-6-5-7-1-3-8(10)4-2-7/h7-8H,1-6H2. The Kier molecular flexibility index (Phi) is 4.31. The maximum Gasteiger partial charge on any atom is 0.0146 e. The van der Waals surface area contributed by atoms with E-state index in [1.54, 1.807) is 0 Å². The van der Waals surface area contributed by atoms with Gasteiger partial charge in [0.1, 0.15) is 0 Å². The molecule has 0 saturated heterocycles. The minimum atomic E-state index is 0.819. The molecule has 0 spiro atoms. The van der Waals surface area contributed by atoms with Crippen LogP contribution in [0.3, 0.4) is 0 Å². The van der Waals surface area contributed by atoms with Crippen molar-refractivity contribution in [1.82, 2.24) is 0 Å². The summed E-state index contributed by atoms with van der Waals surface area (Å²) in [4.78, 5) is 0.819. The summed E-state index contributed by atoms with van der Waals surface area (Å²) < 4.78 is 0. The number of alkyl halides is 2. The molecule has 0 amide bonds. The zero-order chi connectivity index (χ0) is 7.40. The Hall–Kier alpha value is 0.960. The first kappa shape index (κ1) is 9.05. The molecule has 0 bridgehead atoms. The van der Waals surface area contributed by atoms with Gasteiger partial charge in [0.05, 0.1) is 0 Å². The summed E-state index contributed by atoms with van der Waals surface area (Å²) in [5.74, 6) is 1.01. The molecule has 1 aliphatic rings. The number of hydrogen-bond acceptors (Lipinski definition) is 0. The maximum absolute atomic E-state index is 3.66. The first-order valence-electron chi connectivity index (χ1n) is 4.03. The number of rotatable bonds is 2. The molecule has 1 rings (SSSR count). The molecule has 0 radical (unpaired) electrons. The van der Waals surface area contributed by atoms with Gasteiger partial charge in [-0.2, -0.15) is 0 Å². The Morgan fingerprint density at radius 1 is 1.10 bits per heavy atom. The molecule has 0 aromatic rings. The minimum absolute atomic E-state index is 0.819. The highest BCUT2D eigenvalue weighted by Crippen LogP contribution is 2.30. The summed E-state index contributed by atoms with van der Waals surface area (Å²) in [7, 11) is 0. The van der Waals surface area contributed by atoms with Gasteiger partial charge in [0.25, 0.3) is 0 Å². The zero-order valence-corrected chi connectivity index (χ0v) is 9.33. The molecule has 0 aliphatic heterocycles. The van der Waals surface area contributed by atoms with Crippen LogP contribution >= 0.6 is 31.9 Å². The van der Waals surface area contributed by atoms with Gasteiger partial charge >= 0.3 is 0 Å². The first-order chi connectivity index (χ1) is 4.83. The highest BCUT2D eigenvalue weighted by atomic mass is 79.9. The molecular formula is C8H14Br2. The topological polar surface area (TPSA) is 0 Å². The third-order valence-corrected chi connectivity index (χ3v) is 3.67. The van der Waals surface area contributed by atoms with Crippen LogP contribution in [0.25, 0.3) is 0 Å². The van der Waals surface area contributed by atoms with Crippen molar-refractivity contribution in [2.75, 3.05) is 5.33 Å². The first-order valence-corrected chi connectivity index (χ1v) is 6.06. The molecule has 0 N–H and O–H groups in total. The van der Waals surface area contributed by atoms with Crippen molar-refractivity contribution in [3.63, 3.8) is 0 Å². The molecule has 2 heteroatoms. The second-order valence-electron chi connectivity index (χ2n) is 3.10. The van der Waals surface area contributed by atoms with E-state index in [0.717, 1.165) is 10.7 Å². The Morgan fingerprint density at radius 2 is 1.70 bits per heavy atom. The molecule has 0 atom stereocenters. The lowest BCUT2D eigenvalue weighted by Gasteiger charge is -2.24. The van der Waals surface area contributed by atoms with Gasteiger partial charge in [0, 0.05) is 10.2 Å². The molecule has 0 heterocycles. The van der Waals surface area contributed by atoms with E-state index in [0.29, 0.717) is 0 Å². The number of hydrogen-bond donors (Lipinski definition) is 0. The highest BCUT2D eigenvalue weighted by Gasteiger charge is 2.17. The average Bonchev–Trinajstić information content (AvgIpc) is 1.95. The molecule has 0 unspecified atom stereocenters. The summed E-state index contributed by atoms with van der Waals surface area (Å²) in [6.07, 6.45) is 7.01. The molecular weight excluding hydrogens is 256 g/mol. The molecule has 60 valence electrons. The van der Waals surface area contributed by atoms with Gasteiger partial charge in [-0.25, -0.2) is 0 Å². The molecule has 1 saturated carbocycles. The molecule has 0 aromatic carbocycles. The van der Waals surface area contributed by atoms with E-state index in [-0.39, 0.29) is 0 Å². The minimum Gasteiger partial charge on any atom is -0.0928 e. The van der Waals surface area contributed by atoms with Gasteiger partial charge in [-0.05, 0) is 38.0 Å².